The molecule has 0 amide bonds. The zero-order valence-electron chi connectivity index (χ0n) is 12.6. The van der Waals surface area contributed by atoms with Crippen LogP contribution in [0.4, 0.5) is 0 Å². The molecule has 2 nitrogen and oxygen atoms in total. The van der Waals surface area contributed by atoms with Gasteiger partial charge in [-0.1, -0.05) is 53.7 Å². The summed E-state index contributed by atoms with van der Waals surface area (Å²) in [6, 6.07) is 0. The molecule has 0 atom stereocenters. The smallest absolute Gasteiger partial charge is 0.182 e. The summed E-state index contributed by atoms with van der Waals surface area (Å²) in [4.78, 5) is 2.26. The van der Waals surface area contributed by atoms with Crippen LogP contribution in [0, 0.1) is 0 Å². The Kier molecular flexibility index (Phi) is 9.00. The van der Waals surface area contributed by atoms with Gasteiger partial charge in [-0.15, -0.1) is 6.58 Å². The second kappa shape index (κ2) is 9.91. The second-order valence-electron chi connectivity index (χ2n) is 5.37. The van der Waals surface area contributed by atoms with Crippen LogP contribution >= 0.6 is 34.8 Å². The molecule has 0 heterocycles. The Morgan fingerprint density at radius 1 is 1.24 bits per heavy atom. The summed E-state index contributed by atoms with van der Waals surface area (Å²) < 4.78 is 5.70. The Labute approximate surface area is 143 Å². The first-order valence-corrected chi connectivity index (χ1v) is 8.45. The molecule has 0 aromatic heterocycles. The van der Waals surface area contributed by atoms with E-state index in [2.05, 4.69) is 18.5 Å². The van der Waals surface area contributed by atoms with E-state index in [1.807, 2.05) is 6.08 Å². The number of likely N-dealkylation sites (N-methyl/N-ethyl adjacent to an activating group) is 1. The molecule has 21 heavy (non-hydrogen) atoms. The Morgan fingerprint density at radius 3 is 2.48 bits per heavy atom. The topological polar surface area (TPSA) is 12.5 Å². The highest BCUT2D eigenvalue weighted by Gasteiger charge is 2.27. The number of halogens is 3. The molecule has 120 valence electrons. The van der Waals surface area contributed by atoms with Gasteiger partial charge in [0.2, 0.25) is 0 Å². The minimum atomic E-state index is -0.976. The van der Waals surface area contributed by atoms with Crippen LogP contribution in [0.15, 0.2) is 34.9 Å². The molecular formula is C16H24Cl3NO. The van der Waals surface area contributed by atoms with Crippen molar-refractivity contribution < 1.29 is 4.74 Å². The van der Waals surface area contributed by atoms with Crippen molar-refractivity contribution >= 4 is 34.8 Å². The normalized spacial score (nSPS) is 17.6. The fourth-order valence-corrected chi connectivity index (χ4v) is 3.33. The minimum Gasteiger partial charge on any atom is -0.352 e. The second-order valence-corrected chi connectivity index (χ2v) is 6.93. The van der Waals surface area contributed by atoms with Crippen molar-refractivity contribution in [2.75, 3.05) is 26.7 Å². The molecule has 0 bridgehead atoms. The highest BCUT2D eigenvalue weighted by atomic mass is 35.5. The molecule has 0 aliphatic heterocycles. The number of rotatable bonds is 10. The Hall–Kier alpha value is 0.01000. The Balaban J connectivity index is 2.11. The fraction of sp³-hybridized carbons (Fsp3) is 0.625. The SMILES string of the molecule is C=CCN(C)CCCCCCOC1(Cl)C=C(Cl)CC(Cl)=C1. The summed E-state index contributed by atoms with van der Waals surface area (Å²) in [7, 11) is 2.11. The van der Waals surface area contributed by atoms with Gasteiger partial charge in [-0.3, -0.25) is 0 Å². The molecule has 1 aliphatic carbocycles. The molecule has 0 unspecified atom stereocenters. The number of ether oxygens (including phenoxy) is 1. The van der Waals surface area contributed by atoms with Crippen molar-refractivity contribution in [1.29, 1.82) is 0 Å². The maximum absolute atomic E-state index is 6.32. The van der Waals surface area contributed by atoms with Crippen LogP contribution < -0.4 is 0 Å². The lowest BCUT2D eigenvalue weighted by Crippen LogP contribution is -2.23. The van der Waals surface area contributed by atoms with Gasteiger partial charge in [0.25, 0.3) is 0 Å². The van der Waals surface area contributed by atoms with Gasteiger partial charge in [-0.25, -0.2) is 0 Å². The molecule has 5 heteroatoms. The monoisotopic (exact) mass is 351 g/mol. The molecule has 1 aliphatic rings. The molecular weight excluding hydrogens is 329 g/mol. The summed E-state index contributed by atoms with van der Waals surface area (Å²) in [5.41, 5.74) is 0. The summed E-state index contributed by atoms with van der Waals surface area (Å²) in [6.07, 6.45) is 10.4. The molecule has 0 radical (unpaired) electrons. The number of alkyl halides is 1. The van der Waals surface area contributed by atoms with Crippen LogP contribution in [-0.4, -0.2) is 36.7 Å². The number of allylic oxidation sites excluding steroid dienone is 2. The van der Waals surface area contributed by atoms with E-state index in [4.69, 9.17) is 39.5 Å². The molecule has 0 saturated carbocycles. The maximum Gasteiger partial charge on any atom is 0.182 e. The number of nitrogens with zero attached hydrogens (tertiary/aromatic N) is 1. The molecule has 0 aromatic carbocycles. The van der Waals surface area contributed by atoms with E-state index >= 15 is 0 Å². The van der Waals surface area contributed by atoms with Crippen LogP contribution in [0.25, 0.3) is 0 Å². The molecule has 0 aromatic rings. The van der Waals surface area contributed by atoms with Gasteiger partial charge in [0, 0.05) is 29.6 Å². The van der Waals surface area contributed by atoms with Crippen LogP contribution in [0.5, 0.6) is 0 Å². The van der Waals surface area contributed by atoms with Crippen molar-refractivity contribution in [2.24, 2.45) is 0 Å². The highest BCUT2D eigenvalue weighted by molar-refractivity contribution is 6.36. The third-order valence-corrected chi connectivity index (χ3v) is 4.06. The first kappa shape index (κ1) is 19.1. The number of hydrogen-bond donors (Lipinski definition) is 0. The standard InChI is InChI=1S/C16H24Cl3NO/c1-3-8-20(2)9-6-4-5-7-10-21-16(19)12-14(17)11-15(18)13-16/h3,12-13H,1,4-11H2,2H3. The summed E-state index contributed by atoms with van der Waals surface area (Å²) >= 11 is 18.3. The van der Waals surface area contributed by atoms with Gasteiger partial charge in [0.15, 0.2) is 5.06 Å². The van der Waals surface area contributed by atoms with Crippen LogP contribution in [-0.2, 0) is 4.74 Å². The first-order chi connectivity index (χ1) is 9.95. The van der Waals surface area contributed by atoms with Gasteiger partial charge in [-0.2, -0.15) is 0 Å². The maximum atomic E-state index is 6.32. The number of hydrogen-bond acceptors (Lipinski definition) is 2. The van der Waals surface area contributed by atoms with E-state index in [-0.39, 0.29) is 0 Å². The quantitative estimate of drug-likeness (QED) is 0.302. The van der Waals surface area contributed by atoms with Crippen molar-refractivity contribution in [3.05, 3.63) is 34.9 Å². The number of unbranched alkanes of at least 4 members (excludes halogenated alkanes) is 3. The average Bonchev–Trinajstić information content (AvgIpc) is 2.36. The van der Waals surface area contributed by atoms with Gasteiger partial charge >= 0.3 is 0 Å². The van der Waals surface area contributed by atoms with Crippen molar-refractivity contribution in [3.8, 4) is 0 Å². The molecule has 0 spiro atoms. The van der Waals surface area contributed by atoms with E-state index < -0.39 is 5.06 Å². The predicted molar refractivity (Wildman–Crippen MR) is 93.2 cm³/mol. The summed E-state index contributed by atoms with van der Waals surface area (Å²) in [6.45, 7) is 6.38. The van der Waals surface area contributed by atoms with Crippen LogP contribution in [0.3, 0.4) is 0 Å². The van der Waals surface area contributed by atoms with Gasteiger partial charge < -0.3 is 9.64 Å². The molecule has 1 rings (SSSR count). The van der Waals surface area contributed by atoms with Gasteiger partial charge in [0.1, 0.15) is 0 Å². The Morgan fingerprint density at radius 2 is 1.86 bits per heavy atom. The van der Waals surface area contributed by atoms with Crippen LogP contribution in [0.1, 0.15) is 32.1 Å². The van der Waals surface area contributed by atoms with Crippen molar-refractivity contribution in [2.45, 2.75) is 37.2 Å². The summed E-state index contributed by atoms with van der Waals surface area (Å²) in [5, 5.41) is 0.280. The Bertz CT molecular complexity index is 375. The largest absolute Gasteiger partial charge is 0.352 e. The van der Waals surface area contributed by atoms with Crippen molar-refractivity contribution in [3.63, 3.8) is 0 Å². The molecule has 0 N–H and O–H groups in total. The average molecular weight is 353 g/mol. The molecule has 0 fully saturated rings. The highest BCUT2D eigenvalue weighted by Crippen LogP contribution is 2.34. The van der Waals surface area contributed by atoms with E-state index in [0.717, 1.165) is 25.9 Å². The fourth-order valence-electron chi connectivity index (χ4n) is 2.19. The summed E-state index contributed by atoms with van der Waals surface area (Å²) in [5.74, 6) is 0. The minimum absolute atomic E-state index is 0.541. The van der Waals surface area contributed by atoms with Crippen LogP contribution in [0.2, 0.25) is 0 Å². The zero-order valence-corrected chi connectivity index (χ0v) is 14.9. The predicted octanol–water partition coefficient (Wildman–Crippen LogP) is 5.27. The van der Waals surface area contributed by atoms with E-state index in [1.165, 1.54) is 12.8 Å². The molecule has 0 saturated heterocycles. The zero-order chi connectivity index (χ0) is 15.7. The lowest BCUT2D eigenvalue weighted by Gasteiger charge is -2.24. The lowest BCUT2D eigenvalue weighted by molar-refractivity contribution is 0.0812. The van der Waals surface area contributed by atoms with Gasteiger partial charge in [0.05, 0.1) is 0 Å². The third kappa shape index (κ3) is 8.27. The lowest BCUT2D eigenvalue weighted by atomic mass is 10.1. The van der Waals surface area contributed by atoms with Gasteiger partial charge in [-0.05, 0) is 38.6 Å². The first-order valence-electron chi connectivity index (χ1n) is 7.32. The van der Waals surface area contributed by atoms with E-state index in [9.17, 15) is 0 Å². The van der Waals surface area contributed by atoms with E-state index in [0.29, 0.717) is 23.1 Å². The third-order valence-electron chi connectivity index (χ3n) is 3.24. The van der Waals surface area contributed by atoms with Crippen molar-refractivity contribution in [1.82, 2.24) is 4.90 Å². The van der Waals surface area contributed by atoms with E-state index in [1.54, 1.807) is 12.2 Å².